The fourth-order valence-electron chi connectivity index (χ4n) is 6.71. The summed E-state index contributed by atoms with van der Waals surface area (Å²) in [7, 11) is 1.32. The van der Waals surface area contributed by atoms with E-state index in [1.165, 1.54) is 18.2 Å². The van der Waals surface area contributed by atoms with Crippen molar-refractivity contribution in [3.8, 4) is 6.07 Å². The van der Waals surface area contributed by atoms with E-state index in [0.29, 0.717) is 40.1 Å². The number of likely N-dealkylation sites (tertiary alicyclic amines) is 1. The predicted molar refractivity (Wildman–Crippen MR) is 169 cm³/mol. The smallest absolute Gasteiger partial charge is 0.336 e. The molecule has 0 spiro atoms. The van der Waals surface area contributed by atoms with Gasteiger partial charge in [-0.15, -0.1) is 0 Å². The molecule has 2 heterocycles. The van der Waals surface area contributed by atoms with Crippen LogP contribution in [0.2, 0.25) is 0 Å². The van der Waals surface area contributed by atoms with E-state index in [0.717, 1.165) is 32.5 Å². The van der Waals surface area contributed by atoms with Crippen LogP contribution in [0.15, 0.2) is 107 Å². The number of carbonyl (C=O) groups excluding carboxylic acids is 2. The number of ether oxygens (including phenoxy) is 2. The lowest BCUT2D eigenvalue weighted by atomic mass is 9.68. The van der Waals surface area contributed by atoms with Gasteiger partial charge in [-0.3, -0.25) is 0 Å². The molecule has 226 valence electrons. The topological polar surface area (TPSA) is 91.7 Å². The molecule has 1 saturated heterocycles. The maximum Gasteiger partial charge on any atom is 0.336 e. The molecule has 7 heteroatoms. The minimum atomic E-state index is -0.712. The Morgan fingerprint density at radius 1 is 0.886 bits per heavy atom. The second kappa shape index (κ2) is 13.7. The van der Waals surface area contributed by atoms with Crippen molar-refractivity contribution in [1.82, 2.24) is 10.2 Å². The number of methoxy groups -OCH3 is 1. The maximum atomic E-state index is 13.6. The highest BCUT2D eigenvalue weighted by molar-refractivity contribution is 5.99. The van der Waals surface area contributed by atoms with Gasteiger partial charge in [-0.25, -0.2) is 9.59 Å². The Morgan fingerprint density at radius 3 is 2.05 bits per heavy atom. The number of nitrogens with zero attached hydrogens (tertiary/aromatic N) is 2. The van der Waals surface area contributed by atoms with Crippen molar-refractivity contribution in [3.63, 3.8) is 0 Å². The molecule has 2 aliphatic rings. The van der Waals surface area contributed by atoms with E-state index in [9.17, 15) is 14.9 Å². The van der Waals surface area contributed by atoms with Crippen LogP contribution in [-0.4, -0.2) is 50.2 Å². The number of allylic oxidation sites excluding steroid dienone is 2. The molecule has 1 N–H and O–H groups in total. The lowest BCUT2D eigenvalue weighted by Gasteiger charge is -2.43. The minimum Gasteiger partial charge on any atom is -0.466 e. The third-order valence-electron chi connectivity index (χ3n) is 8.95. The lowest BCUT2D eigenvalue weighted by molar-refractivity contribution is -0.139. The second-order valence-corrected chi connectivity index (χ2v) is 11.5. The number of hydrogen-bond donors (Lipinski definition) is 1. The summed E-state index contributed by atoms with van der Waals surface area (Å²) in [5.41, 5.74) is 5.69. The summed E-state index contributed by atoms with van der Waals surface area (Å²) in [5.74, 6) is -1.73. The normalized spacial score (nSPS) is 18.3. The first-order chi connectivity index (χ1) is 21.4. The Hall–Kier alpha value is -4.67. The molecule has 1 fully saturated rings. The van der Waals surface area contributed by atoms with E-state index in [1.54, 1.807) is 32.0 Å². The summed E-state index contributed by atoms with van der Waals surface area (Å²) in [6, 6.07) is 30.7. The van der Waals surface area contributed by atoms with Gasteiger partial charge in [0.25, 0.3) is 0 Å². The van der Waals surface area contributed by atoms with Gasteiger partial charge in [0.05, 0.1) is 42.4 Å². The predicted octanol–water partition coefficient (Wildman–Crippen LogP) is 5.98. The van der Waals surface area contributed by atoms with Gasteiger partial charge in [-0.2, -0.15) is 5.26 Å². The van der Waals surface area contributed by atoms with Gasteiger partial charge in [-0.05, 0) is 75.0 Å². The zero-order valence-electron chi connectivity index (χ0n) is 25.6. The number of nitrogens with one attached hydrogen (secondary N) is 1. The molecular formula is C37H39N3O4. The van der Waals surface area contributed by atoms with Crippen LogP contribution in [0, 0.1) is 11.3 Å². The van der Waals surface area contributed by atoms with E-state index in [-0.39, 0.29) is 12.0 Å². The van der Waals surface area contributed by atoms with Crippen LogP contribution in [0.25, 0.3) is 0 Å². The average molecular weight is 590 g/mol. The van der Waals surface area contributed by atoms with Gasteiger partial charge in [0.2, 0.25) is 0 Å². The summed E-state index contributed by atoms with van der Waals surface area (Å²) >= 11 is 0. The van der Waals surface area contributed by atoms with E-state index in [1.807, 2.05) is 6.07 Å². The number of piperidine rings is 1. The molecule has 2 aliphatic heterocycles. The molecular weight excluding hydrogens is 550 g/mol. The van der Waals surface area contributed by atoms with Crippen molar-refractivity contribution < 1.29 is 19.1 Å². The third kappa shape index (κ3) is 6.31. The van der Waals surface area contributed by atoms with Gasteiger partial charge >= 0.3 is 11.9 Å². The fraction of sp³-hybridized carbons (Fsp3) is 0.324. The molecule has 44 heavy (non-hydrogen) atoms. The Bertz CT molecular complexity index is 1550. The summed E-state index contributed by atoms with van der Waals surface area (Å²) in [4.78, 5) is 28.9. The van der Waals surface area contributed by atoms with Crippen LogP contribution in [-0.2, 0) is 24.5 Å². The first kappa shape index (κ1) is 30.8. The number of esters is 2. The van der Waals surface area contributed by atoms with E-state index < -0.39 is 17.9 Å². The number of hydrogen-bond acceptors (Lipinski definition) is 7. The highest BCUT2D eigenvalue weighted by Crippen LogP contribution is 2.42. The summed E-state index contributed by atoms with van der Waals surface area (Å²) in [6.45, 7) is 6.57. The summed E-state index contributed by atoms with van der Waals surface area (Å²) in [6.07, 6.45) is 2.73. The molecule has 1 unspecified atom stereocenters. The molecule has 0 aliphatic carbocycles. The van der Waals surface area contributed by atoms with Crippen LogP contribution in [0.4, 0.5) is 0 Å². The quantitative estimate of drug-likeness (QED) is 0.242. The van der Waals surface area contributed by atoms with Crippen molar-refractivity contribution in [2.75, 3.05) is 33.4 Å². The molecule has 3 aromatic carbocycles. The SMILES string of the molecule is COC(=O)C1=C(C)NC(C)=C(C(=O)OCCCN2CCC(c3ccccc3)(c3ccccc3)CC2)C1c1cccc(C#N)c1. The monoisotopic (exact) mass is 589 g/mol. The fourth-order valence-corrected chi connectivity index (χ4v) is 6.71. The van der Waals surface area contributed by atoms with Gasteiger partial charge < -0.3 is 19.7 Å². The molecule has 0 aromatic heterocycles. The van der Waals surface area contributed by atoms with Crippen LogP contribution < -0.4 is 5.32 Å². The second-order valence-electron chi connectivity index (χ2n) is 11.5. The first-order valence-corrected chi connectivity index (χ1v) is 15.2. The Labute approximate surface area is 259 Å². The van der Waals surface area contributed by atoms with Gasteiger partial charge in [0, 0.05) is 23.4 Å². The number of nitriles is 1. The van der Waals surface area contributed by atoms with Gasteiger partial charge in [0.1, 0.15) is 0 Å². The number of rotatable bonds is 9. The van der Waals surface area contributed by atoms with Crippen molar-refractivity contribution in [2.45, 2.75) is 44.4 Å². The Kier molecular flexibility index (Phi) is 9.62. The van der Waals surface area contributed by atoms with Crippen LogP contribution in [0.1, 0.15) is 61.3 Å². The average Bonchev–Trinajstić information content (AvgIpc) is 3.07. The van der Waals surface area contributed by atoms with Crippen LogP contribution >= 0.6 is 0 Å². The Balaban J connectivity index is 1.24. The van der Waals surface area contributed by atoms with E-state index in [4.69, 9.17) is 9.47 Å². The Morgan fingerprint density at radius 2 is 1.48 bits per heavy atom. The largest absolute Gasteiger partial charge is 0.466 e. The maximum absolute atomic E-state index is 13.6. The molecule has 7 nitrogen and oxygen atoms in total. The number of dihydropyridines is 1. The van der Waals surface area contributed by atoms with Crippen molar-refractivity contribution in [2.24, 2.45) is 0 Å². The third-order valence-corrected chi connectivity index (χ3v) is 8.95. The number of carbonyl (C=O) groups is 2. The molecule has 1 atom stereocenters. The van der Waals surface area contributed by atoms with Gasteiger partial charge in [0.15, 0.2) is 0 Å². The van der Waals surface area contributed by atoms with E-state index in [2.05, 4.69) is 76.9 Å². The highest BCUT2D eigenvalue weighted by atomic mass is 16.5. The van der Waals surface area contributed by atoms with Gasteiger partial charge in [-0.1, -0.05) is 72.8 Å². The van der Waals surface area contributed by atoms with Crippen molar-refractivity contribution in [3.05, 3.63) is 130 Å². The minimum absolute atomic E-state index is 0.00960. The molecule has 0 radical (unpaired) electrons. The summed E-state index contributed by atoms with van der Waals surface area (Å²) in [5, 5.41) is 12.6. The first-order valence-electron chi connectivity index (χ1n) is 15.2. The molecule has 0 saturated carbocycles. The van der Waals surface area contributed by atoms with Crippen molar-refractivity contribution >= 4 is 11.9 Å². The zero-order valence-corrected chi connectivity index (χ0v) is 25.6. The molecule has 5 rings (SSSR count). The molecule has 0 bridgehead atoms. The highest BCUT2D eigenvalue weighted by Gasteiger charge is 2.39. The van der Waals surface area contributed by atoms with Crippen LogP contribution in [0.5, 0.6) is 0 Å². The zero-order chi connectivity index (χ0) is 31.1. The van der Waals surface area contributed by atoms with E-state index >= 15 is 0 Å². The van der Waals surface area contributed by atoms with Crippen molar-refractivity contribution in [1.29, 1.82) is 5.26 Å². The summed E-state index contributed by atoms with van der Waals surface area (Å²) < 4.78 is 10.9. The lowest BCUT2D eigenvalue weighted by Crippen LogP contribution is -2.43. The standard InChI is InChI=1S/C37H39N3O4/c1-26-32(35(41)43-3)34(29-13-10-12-28(24-29)25-38)33(27(2)39-26)36(42)44-23-11-20-40-21-18-37(19-22-40,30-14-6-4-7-15-30)31-16-8-5-9-17-31/h4-10,12-17,24,34,39H,11,18-23H2,1-3H3. The molecule has 0 amide bonds. The van der Waals surface area contributed by atoms with Crippen LogP contribution in [0.3, 0.4) is 0 Å². The number of benzene rings is 3. The molecule has 3 aromatic rings.